The van der Waals surface area contributed by atoms with Gasteiger partial charge in [-0.3, -0.25) is 0 Å². The Kier molecular flexibility index (Phi) is 4.44. The van der Waals surface area contributed by atoms with Gasteiger partial charge in [-0.1, -0.05) is 25.5 Å². The molecule has 1 aromatic heterocycles. The molecule has 0 amide bonds. The molecule has 19 heavy (non-hydrogen) atoms. The molecule has 0 saturated heterocycles. The second kappa shape index (κ2) is 6.27. The minimum atomic E-state index is -0.226. The number of rotatable bonds is 5. The lowest BCUT2D eigenvalue weighted by Crippen LogP contribution is -2.04. The van der Waals surface area contributed by atoms with Gasteiger partial charge in [-0.05, 0) is 24.1 Å². The number of benzene rings is 1. The van der Waals surface area contributed by atoms with Gasteiger partial charge in [0.15, 0.2) is 0 Å². The summed E-state index contributed by atoms with van der Waals surface area (Å²) in [5.41, 5.74) is 1.91. The SMILES string of the molecule is CCCc1cc(NC)nc(Cc2cccc(F)c2)n1. The third-order valence-electron chi connectivity index (χ3n) is 2.84. The smallest absolute Gasteiger partial charge is 0.135 e. The molecule has 1 N–H and O–H groups in total. The van der Waals surface area contributed by atoms with Crippen molar-refractivity contribution in [3.8, 4) is 0 Å². The van der Waals surface area contributed by atoms with Crippen LogP contribution in [0.3, 0.4) is 0 Å². The second-order valence-electron chi connectivity index (χ2n) is 4.47. The average Bonchev–Trinajstić information content (AvgIpc) is 2.39. The third kappa shape index (κ3) is 3.74. The molecule has 0 saturated carbocycles. The van der Waals surface area contributed by atoms with Gasteiger partial charge in [0.25, 0.3) is 0 Å². The minimum Gasteiger partial charge on any atom is -0.373 e. The van der Waals surface area contributed by atoms with Crippen LogP contribution in [0.2, 0.25) is 0 Å². The number of halogens is 1. The molecule has 0 aliphatic heterocycles. The Morgan fingerprint density at radius 2 is 2.05 bits per heavy atom. The Morgan fingerprint density at radius 1 is 1.21 bits per heavy atom. The molecule has 0 aliphatic rings. The van der Waals surface area contributed by atoms with E-state index in [9.17, 15) is 4.39 Å². The van der Waals surface area contributed by atoms with E-state index in [1.165, 1.54) is 12.1 Å². The van der Waals surface area contributed by atoms with Crippen LogP contribution in [0.4, 0.5) is 10.2 Å². The quantitative estimate of drug-likeness (QED) is 0.896. The van der Waals surface area contributed by atoms with Crippen LogP contribution in [0.15, 0.2) is 30.3 Å². The van der Waals surface area contributed by atoms with E-state index >= 15 is 0 Å². The van der Waals surface area contributed by atoms with Gasteiger partial charge in [-0.15, -0.1) is 0 Å². The lowest BCUT2D eigenvalue weighted by atomic mass is 10.1. The molecular formula is C15H18FN3. The number of aromatic nitrogens is 2. The van der Waals surface area contributed by atoms with Crippen LogP contribution in [-0.4, -0.2) is 17.0 Å². The molecule has 1 heterocycles. The first kappa shape index (κ1) is 13.5. The first-order chi connectivity index (χ1) is 9.21. The van der Waals surface area contributed by atoms with Crippen LogP contribution in [-0.2, 0) is 12.8 Å². The van der Waals surface area contributed by atoms with Crippen molar-refractivity contribution in [2.75, 3.05) is 12.4 Å². The molecule has 0 atom stereocenters. The molecule has 3 nitrogen and oxygen atoms in total. The van der Waals surface area contributed by atoms with E-state index in [2.05, 4.69) is 22.2 Å². The van der Waals surface area contributed by atoms with Crippen molar-refractivity contribution in [3.63, 3.8) is 0 Å². The Balaban J connectivity index is 2.26. The summed E-state index contributed by atoms with van der Waals surface area (Å²) in [4.78, 5) is 8.94. The van der Waals surface area contributed by atoms with Gasteiger partial charge in [-0.25, -0.2) is 14.4 Å². The van der Waals surface area contributed by atoms with E-state index in [0.29, 0.717) is 6.42 Å². The average molecular weight is 259 g/mol. The van der Waals surface area contributed by atoms with Gasteiger partial charge >= 0.3 is 0 Å². The van der Waals surface area contributed by atoms with E-state index < -0.39 is 0 Å². The topological polar surface area (TPSA) is 37.8 Å². The Bertz CT molecular complexity index is 555. The van der Waals surface area contributed by atoms with Crippen molar-refractivity contribution in [2.45, 2.75) is 26.2 Å². The summed E-state index contributed by atoms with van der Waals surface area (Å²) in [7, 11) is 1.84. The van der Waals surface area contributed by atoms with Crippen LogP contribution in [0.25, 0.3) is 0 Å². The van der Waals surface area contributed by atoms with E-state index in [1.807, 2.05) is 19.2 Å². The lowest BCUT2D eigenvalue weighted by molar-refractivity contribution is 0.625. The Morgan fingerprint density at radius 3 is 2.74 bits per heavy atom. The maximum absolute atomic E-state index is 13.2. The maximum Gasteiger partial charge on any atom is 0.135 e. The molecule has 0 unspecified atom stereocenters. The summed E-state index contributed by atoms with van der Waals surface area (Å²) >= 11 is 0. The highest BCUT2D eigenvalue weighted by molar-refractivity contribution is 5.36. The highest BCUT2D eigenvalue weighted by atomic mass is 19.1. The Hall–Kier alpha value is -1.97. The predicted molar refractivity (Wildman–Crippen MR) is 74.8 cm³/mol. The number of hydrogen-bond acceptors (Lipinski definition) is 3. The van der Waals surface area contributed by atoms with Crippen LogP contribution in [0.5, 0.6) is 0 Å². The van der Waals surface area contributed by atoms with E-state index in [0.717, 1.165) is 35.7 Å². The zero-order valence-electron chi connectivity index (χ0n) is 11.3. The Labute approximate surface area is 112 Å². The van der Waals surface area contributed by atoms with Gasteiger partial charge < -0.3 is 5.32 Å². The van der Waals surface area contributed by atoms with E-state index in [1.54, 1.807) is 6.07 Å². The van der Waals surface area contributed by atoms with Crippen LogP contribution < -0.4 is 5.32 Å². The molecule has 0 fully saturated rings. The molecule has 0 spiro atoms. The maximum atomic E-state index is 13.2. The summed E-state index contributed by atoms with van der Waals surface area (Å²) < 4.78 is 13.2. The van der Waals surface area contributed by atoms with Crippen molar-refractivity contribution in [1.82, 2.24) is 9.97 Å². The largest absolute Gasteiger partial charge is 0.373 e. The normalized spacial score (nSPS) is 10.5. The van der Waals surface area contributed by atoms with E-state index in [-0.39, 0.29) is 5.82 Å². The summed E-state index contributed by atoms with van der Waals surface area (Å²) in [6, 6.07) is 8.52. The highest BCUT2D eigenvalue weighted by Crippen LogP contribution is 2.12. The molecule has 0 radical (unpaired) electrons. The molecular weight excluding hydrogens is 241 g/mol. The first-order valence-electron chi connectivity index (χ1n) is 6.50. The fourth-order valence-corrected chi connectivity index (χ4v) is 1.97. The van der Waals surface area contributed by atoms with Crippen LogP contribution >= 0.6 is 0 Å². The summed E-state index contributed by atoms with van der Waals surface area (Å²) in [5, 5.41) is 3.04. The van der Waals surface area contributed by atoms with Gasteiger partial charge in [0.1, 0.15) is 17.5 Å². The predicted octanol–water partition coefficient (Wildman–Crippen LogP) is 3.20. The minimum absolute atomic E-state index is 0.226. The number of anilines is 1. The molecule has 2 aromatic rings. The zero-order chi connectivity index (χ0) is 13.7. The number of hydrogen-bond donors (Lipinski definition) is 1. The molecule has 100 valence electrons. The standard InChI is InChI=1S/C15H18FN3/c1-3-5-13-10-14(17-2)19-15(18-13)9-11-6-4-7-12(16)8-11/h4,6-8,10H,3,5,9H2,1-2H3,(H,17,18,19). The molecule has 4 heteroatoms. The van der Waals surface area contributed by atoms with Crippen molar-refractivity contribution in [1.29, 1.82) is 0 Å². The van der Waals surface area contributed by atoms with Gasteiger partial charge in [0.05, 0.1) is 0 Å². The van der Waals surface area contributed by atoms with Gasteiger partial charge in [0.2, 0.25) is 0 Å². The van der Waals surface area contributed by atoms with Crippen molar-refractivity contribution < 1.29 is 4.39 Å². The van der Waals surface area contributed by atoms with Crippen molar-refractivity contribution >= 4 is 5.82 Å². The fourth-order valence-electron chi connectivity index (χ4n) is 1.97. The number of nitrogens with zero attached hydrogens (tertiary/aromatic N) is 2. The molecule has 0 bridgehead atoms. The summed E-state index contributed by atoms with van der Waals surface area (Å²) in [6.07, 6.45) is 2.51. The number of nitrogens with one attached hydrogen (secondary N) is 1. The lowest BCUT2D eigenvalue weighted by Gasteiger charge is -2.07. The third-order valence-corrected chi connectivity index (χ3v) is 2.84. The second-order valence-corrected chi connectivity index (χ2v) is 4.47. The van der Waals surface area contributed by atoms with Crippen LogP contribution in [0.1, 0.15) is 30.4 Å². The van der Waals surface area contributed by atoms with Crippen LogP contribution in [0, 0.1) is 5.82 Å². The molecule has 1 aromatic carbocycles. The van der Waals surface area contributed by atoms with Gasteiger partial charge in [0, 0.05) is 25.2 Å². The van der Waals surface area contributed by atoms with Crippen molar-refractivity contribution in [3.05, 3.63) is 53.2 Å². The van der Waals surface area contributed by atoms with E-state index in [4.69, 9.17) is 0 Å². The monoisotopic (exact) mass is 259 g/mol. The fraction of sp³-hybridized carbons (Fsp3) is 0.333. The van der Waals surface area contributed by atoms with Crippen molar-refractivity contribution in [2.24, 2.45) is 0 Å². The summed E-state index contributed by atoms with van der Waals surface area (Å²) in [6.45, 7) is 2.12. The highest BCUT2D eigenvalue weighted by Gasteiger charge is 2.05. The van der Waals surface area contributed by atoms with Gasteiger partial charge in [-0.2, -0.15) is 0 Å². The first-order valence-corrected chi connectivity index (χ1v) is 6.50. The summed E-state index contributed by atoms with van der Waals surface area (Å²) in [5.74, 6) is 1.31. The molecule has 2 rings (SSSR count). The zero-order valence-corrected chi connectivity index (χ0v) is 11.3. The number of aryl methyl sites for hydroxylation is 1. The molecule has 0 aliphatic carbocycles.